The molecule has 1 fully saturated rings. The van der Waals surface area contributed by atoms with Gasteiger partial charge in [-0.05, 0) is 47.0 Å². The number of hydrogen-bond donors (Lipinski definition) is 3. The van der Waals surface area contributed by atoms with E-state index in [1.165, 1.54) is 16.8 Å². The van der Waals surface area contributed by atoms with E-state index in [1.807, 2.05) is 54.6 Å². The molecule has 0 aliphatic carbocycles. The molecule has 0 bridgehead atoms. The van der Waals surface area contributed by atoms with Gasteiger partial charge in [0.25, 0.3) is 0 Å². The van der Waals surface area contributed by atoms with Gasteiger partial charge in [-0.1, -0.05) is 61.5 Å². The van der Waals surface area contributed by atoms with Crippen LogP contribution >= 0.6 is 8.25 Å². The Kier molecular flexibility index (Phi) is 10.3. The highest BCUT2D eigenvalue weighted by Crippen LogP contribution is 2.48. The van der Waals surface area contributed by atoms with Gasteiger partial charge in [-0.3, -0.25) is 9.36 Å². The zero-order valence-corrected chi connectivity index (χ0v) is 26.4. The fourth-order valence-corrected chi connectivity index (χ4v) is 6.37. The number of methoxy groups -OCH3 is 2. The van der Waals surface area contributed by atoms with E-state index in [2.05, 4.69) is 10.3 Å². The van der Waals surface area contributed by atoms with Crippen molar-refractivity contribution in [3.05, 3.63) is 118 Å². The number of ether oxygens (including phenoxy) is 3. The van der Waals surface area contributed by atoms with Gasteiger partial charge in [0.15, 0.2) is 0 Å². The summed E-state index contributed by atoms with van der Waals surface area (Å²) >= 11 is 0. The molecule has 1 aliphatic heterocycles. The van der Waals surface area contributed by atoms with Crippen molar-refractivity contribution in [2.24, 2.45) is 0 Å². The Bertz CT molecular complexity index is 1670. The Morgan fingerprint density at radius 1 is 1.00 bits per heavy atom. The second kappa shape index (κ2) is 14.3. The monoisotopic (exact) mass is 648 g/mol. The molecule has 1 aliphatic rings. The predicted molar refractivity (Wildman–Crippen MR) is 169 cm³/mol. The fourth-order valence-electron chi connectivity index (χ4n) is 5.93. The van der Waals surface area contributed by atoms with Crippen LogP contribution in [0.15, 0.2) is 95.9 Å². The third-order valence-electron chi connectivity index (χ3n) is 8.14. The molecule has 5 rings (SSSR count). The third-order valence-corrected chi connectivity index (χ3v) is 8.59. The fraction of sp³-hybridized carbons (Fsp3) is 0.303. The maximum absolute atomic E-state index is 13.1. The summed E-state index contributed by atoms with van der Waals surface area (Å²) in [6.07, 6.45) is -3.22. The van der Waals surface area contributed by atoms with Crippen molar-refractivity contribution in [1.82, 2.24) is 9.55 Å². The molecule has 13 heteroatoms. The molecule has 2 heterocycles. The number of aliphatic hydroxyl groups is 1. The maximum Gasteiger partial charge on any atom is 0.695 e. The summed E-state index contributed by atoms with van der Waals surface area (Å²) in [7, 11) is 0.00556. The van der Waals surface area contributed by atoms with Crippen LogP contribution in [-0.4, -0.2) is 58.0 Å². The molecule has 0 radical (unpaired) electrons. The Balaban J connectivity index is 1.65. The summed E-state index contributed by atoms with van der Waals surface area (Å²) in [5, 5.41) is 15.2. The van der Waals surface area contributed by atoms with Crippen LogP contribution in [0.1, 0.15) is 42.7 Å². The van der Waals surface area contributed by atoms with E-state index in [4.69, 9.17) is 18.7 Å². The second-order valence-electron chi connectivity index (χ2n) is 10.7. The summed E-state index contributed by atoms with van der Waals surface area (Å²) in [4.78, 5) is 38.7. The Morgan fingerprint density at radius 2 is 1.57 bits per heavy atom. The van der Waals surface area contributed by atoms with Crippen molar-refractivity contribution in [2.75, 3.05) is 19.5 Å². The van der Waals surface area contributed by atoms with E-state index in [0.29, 0.717) is 28.2 Å². The Morgan fingerprint density at radius 3 is 2.07 bits per heavy atom. The molecular formula is C33H35N3O9P+. The van der Waals surface area contributed by atoms with Gasteiger partial charge in [-0.15, -0.1) is 9.42 Å². The minimum atomic E-state index is -3.11. The number of benzene rings is 3. The zero-order valence-electron chi connectivity index (χ0n) is 25.5. The van der Waals surface area contributed by atoms with Crippen LogP contribution in [0.25, 0.3) is 0 Å². The quantitative estimate of drug-likeness (QED) is 0.149. The molecule has 2 unspecified atom stereocenters. The SMILES string of the molecule is CCC(=O)Nc1ccn([C@H]2C[C@H](O[P+](=O)O)[C@@H](C(O)C(c3ccccc3)(c3ccc(OC)cc3)c3ccc(OC)cc3)O2)c(=O)n1. The Labute approximate surface area is 266 Å². The summed E-state index contributed by atoms with van der Waals surface area (Å²) in [5.74, 6) is 0.989. The third kappa shape index (κ3) is 6.57. The van der Waals surface area contributed by atoms with Crippen LogP contribution in [0, 0.1) is 0 Å². The van der Waals surface area contributed by atoms with Crippen LogP contribution in [0.2, 0.25) is 0 Å². The minimum absolute atomic E-state index is 0.0539. The van der Waals surface area contributed by atoms with Crippen molar-refractivity contribution in [2.45, 2.75) is 49.7 Å². The van der Waals surface area contributed by atoms with Gasteiger partial charge >= 0.3 is 13.9 Å². The number of aliphatic hydroxyl groups excluding tert-OH is 1. The summed E-state index contributed by atoms with van der Waals surface area (Å²) in [6.45, 7) is 1.67. The minimum Gasteiger partial charge on any atom is -0.497 e. The lowest BCUT2D eigenvalue weighted by Gasteiger charge is -2.42. The molecule has 240 valence electrons. The van der Waals surface area contributed by atoms with Crippen LogP contribution in [0.4, 0.5) is 5.82 Å². The highest BCUT2D eigenvalue weighted by Gasteiger charge is 2.55. The normalized spacial score (nSPS) is 18.9. The molecular weight excluding hydrogens is 613 g/mol. The average molecular weight is 649 g/mol. The number of carbonyl (C=O) groups excluding carboxylic acids is 1. The molecule has 1 amide bonds. The van der Waals surface area contributed by atoms with Crippen LogP contribution in [0.5, 0.6) is 11.5 Å². The molecule has 46 heavy (non-hydrogen) atoms. The lowest BCUT2D eigenvalue weighted by atomic mass is 9.64. The van der Waals surface area contributed by atoms with Gasteiger partial charge in [0.05, 0.1) is 19.6 Å². The highest BCUT2D eigenvalue weighted by atomic mass is 31.1. The highest BCUT2D eigenvalue weighted by molar-refractivity contribution is 7.32. The van der Waals surface area contributed by atoms with Crippen molar-refractivity contribution >= 4 is 20.0 Å². The smallest absolute Gasteiger partial charge is 0.497 e. The first-order valence-corrected chi connectivity index (χ1v) is 15.7. The van der Waals surface area contributed by atoms with Crippen molar-refractivity contribution in [3.63, 3.8) is 0 Å². The van der Waals surface area contributed by atoms with Gasteiger partial charge in [0, 0.05) is 23.6 Å². The van der Waals surface area contributed by atoms with Crippen molar-refractivity contribution in [1.29, 1.82) is 0 Å². The van der Waals surface area contributed by atoms with Crippen molar-refractivity contribution in [3.8, 4) is 11.5 Å². The maximum atomic E-state index is 13.1. The number of anilines is 1. The lowest BCUT2D eigenvalue weighted by Crippen LogP contribution is -2.51. The molecule has 0 saturated carbocycles. The van der Waals surface area contributed by atoms with E-state index in [1.54, 1.807) is 45.4 Å². The number of nitrogens with zero attached hydrogens (tertiary/aromatic N) is 2. The topological polar surface area (TPSA) is 158 Å². The van der Waals surface area contributed by atoms with E-state index in [-0.39, 0.29) is 24.6 Å². The number of amides is 1. The molecule has 0 spiro atoms. The van der Waals surface area contributed by atoms with Crippen molar-refractivity contribution < 1.29 is 38.1 Å². The molecule has 3 N–H and O–H groups in total. The standard InChI is InChI=1S/C33H34N3O9P/c1-4-28(37)34-27-18-19-36(32(39)35-27)29-20-26(45-46(40)41)30(44-29)31(38)33(21-8-6-5-7-9-21,22-10-14-24(42-2)15-11-22)23-12-16-25(43-3)17-13-23/h5-19,26,29-31,38H,4,20H2,1-3H3,(H-,34,35,37,39,40,41)/p+1/t26-,29+,30-,31?/m0/s1. The molecule has 12 nitrogen and oxygen atoms in total. The van der Waals surface area contributed by atoms with E-state index < -0.39 is 43.9 Å². The number of aromatic nitrogens is 2. The molecule has 5 atom stereocenters. The van der Waals surface area contributed by atoms with E-state index >= 15 is 0 Å². The van der Waals surface area contributed by atoms with Crippen LogP contribution in [-0.2, 0) is 24.0 Å². The van der Waals surface area contributed by atoms with Gasteiger partial charge in [0.1, 0.15) is 41.9 Å². The van der Waals surface area contributed by atoms with Gasteiger partial charge in [-0.2, -0.15) is 4.98 Å². The first kappa shape index (κ1) is 32.9. The number of nitrogens with one attached hydrogen (secondary N) is 1. The second-order valence-corrected chi connectivity index (χ2v) is 11.3. The number of rotatable bonds is 12. The van der Waals surface area contributed by atoms with Crippen LogP contribution < -0.4 is 20.5 Å². The number of hydrogen-bond acceptors (Lipinski definition) is 9. The predicted octanol–water partition coefficient (Wildman–Crippen LogP) is 4.33. The first-order valence-electron chi connectivity index (χ1n) is 14.6. The van der Waals surface area contributed by atoms with Gasteiger partial charge in [0.2, 0.25) is 5.91 Å². The summed E-state index contributed by atoms with van der Waals surface area (Å²) < 4.78 is 35.9. The van der Waals surface area contributed by atoms with E-state index in [9.17, 15) is 24.2 Å². The van der Waals surface area contributed by atoms with Gasteiger partial charge in [-0.25, -0.2) is 4.79 Å². The van der Waals surface area contributed by atoms with E-state index in [0.717, 1.165) is 0 Å². The Hall–Kier alpha value is -4.45. The molecule has 1 aromatic heterocycles. The molecule has 4 aromatic rings. The average Bonchev–Trinajstić information content (AvgIpc) is 3.48. The summed E-state index contributed by atoms with van der Waals surface area (Å²) in [6, 6.07) is 25.3. The molecule has 3 aromatic carbocycles. The first-order chi connectivity index (χ1) is 22.2. The summed E-state index contributed by atoms with van der Waals surface area (Å²) in [5.41, 5.74) is 0.00429. The molecule has 1 saturated heterocycles. The lowest BCUT2D eigenvalue weighted by molar-refractivity contribution is -0.115. The van der Waals surface area contributed by atoms with Gasteiger partial charge < -0.3 is 24.6 Å². The van der Waals surface area contributed by atoms with Crippen LogP contribution in [0.3, 0.4) is 0 Å². The largest absolute Gasteiger partial charge is 0.695 e. The zero-order chi connectivity index (χ0) is 32.8. The number of carbonyl (C=O) groups is 1.